The molecule has 0 saturated heterocycles. The molecule has 0 radical (unpaired) electrons. The fourth-order valence-corrected chi connectivity index (χ4v) is 6.63. The number of sulfonamides is 1. The number of benzene rings is 4. The minimum Gasteiger partial charge on any atom is -0.497 e. The van der Waals surface area contributed by atoms with Crippen molar-refractivity contribution in [2.45, 2.75) is 43.8 Å². The Balaban J connectivity index is 1.78. The summed E-state index contributed by atoms with van der Waals surface area (Å²) in [6.45, 7) is 3.28. The number of rotatable bonds is 13. The average Bonchev–Trinajstić information content (AvgIpc) is 3.02. The molecule has 0 spiro atoms. The minimum atomic E-state index is -4.19. The summed E-state index contributed by atoms with van der Waals surface area (Å²) in [4.78, 5) is 29.6. The predicted molar refractivity (Wildman–Crippen MR) is 176 cm³/mol. The van der Waals surface area contributed by atoms with Crippen LogP contribution in [-0.2, 0) is 32.6 Å². The zero-order chi connectivity index (χ0) is 31.7. The van der Waals surface area contributed by atoms with E-state index in [-0.39, 0.29) is 29.8 Å². The lowest BCUT2D eigenvalue weighted by molar-refractivity contribution is -0.140. The summed E-state index contributed by atoms with van der Waals surface area (Å²) in [6.07, 6.45) is 0.246. The maximum absolute atomic E-state index is 14.4. The van der Waals surface area contributed by atoms with Crippen LogP contribution in [0.5, 0.6) is 5.75 Å². The van der Waals surface area contributed by atoms with E-state index in [0.29, 0.717) is 11.4 Å². The van der Waals surface area contributed by atoms with Crippen molar-refractivity contribution >= 4 is 43.5 Å². The second kappa shape index (κ2) is 15.0. The maximum atomic E-state index is 14.4. The molecule has 1 atom stereocenters. The van der Waals surface area contributed by atoms with E-state index in [1.165, 1.54) is 24.1 Å². The van der Waals surface area contributed by atoms with E-state index in [1.54, 1.807) is 42.5 Å². The third-order valence-electron chi connectivity index (χ3n) is 6.91. The lowest BCUT2D eigenvalue weighted by Crippen LogP contribution is -2.54. The van der Waals surface area contributed by atoms with Gasteiger partial charge in [-0.25, -0.2) is 8.42 Å². The number of carbonyl (C=O) groups is 2. The molecule has 0 aliphatic heterocycles. The molecule has 10 heteroatoms. The zero-order valence-corrected chi connectivity index (χ0v) is 27.3. The molecule has 44 heavy (non-hydrogen) atoms. The second-order valence-corrected chi connectivity index (χ2v) is 13.3. The molecule has 0 heterocycles. The Morgan fingerprint density at radius 3 is 2.05 bits per heavy atom. The number of hydrogen-bond acceptors (Lipinski definition) is 5. The van der Waals surface area contributed by atoms with Gasteiger partial charge in [0.15, 0.2) is 0 Å². The smallest absolute Gasteiger partial charge is 0.264 e. The number of methoxy groups -OCH3 is 1. The van der Waals surface area contributed by atoms with Crippen molar-refractivity contribution in [3.63, 3.8) is 0 Å². The molecule has 2 amide bonds. The first kappa shape index (κ1) is 32.8. The largest absolute Gasteiger partial charge is 0.497 e. The number of anilines is 1. The summed E-state index contributed by atoms with van der Waals surface area (Å²) >= 11 is 3.50. The van der Waals surface area contributed by atoms with Gasteiger partial charge in [0.05, 0.1) is 17.7 Å². The Kier molecular flexibility index (Phi) is 11.2. The number of carbonyl (C=O) groups excluding carboxylic acids is 2. The van der Waals surface area contributed by atoms with E-state index >= 15 is 0 Å². The molecular formula is C34H36BrN3O5S. The van der Waals surface area contributed by atoms with E-state index in [9.17, 15) is 18.0 Å². The van der Waals surface area contributed by atoms with Crippen LogP contribution in [0.2, 0.25) is 0 Å². The van der Waals surface area contributed by atoms with Crippen LogP contribution in [0.4, 0.5) is 5.69 Å². The van der Waals surface area contributed by atoms with E-state index in [4.69, 9.17) is 4.74 Å². The van der Waals surface area contributed by atoms with Crippen molar-refractivity contribution in [1.82, 2.24) is 10.2 Å². The van der Waals surface area contributed by atoms with Gasteiger partial charge in [-0.1, -0.05) is 76.6 Å². The van der Waals surface area contributed by atoms with Crippen molar-refractivity contribution in [2.75, 3.05) is 18.0 Å². The van der Waals surface area contributed by atoms with E-state index in [0.717, 1.165) is 19.9 Å². The SMILES string of the molecule is COc1ccc(S(=O)(=O)N(CC(=O)N(Cc2cccc(Br)c2)[C@@H](Cc2ccccc2)C(=O)NC(C)C)c2ccccc2)cc1. The van der Waals surface area contributed by atoms with Gasteiger partial charge in [-0.15, -0.1) is 0 Å². The minimum absolute atomic E-state index is 0.00637. The van der Waals surface area contributed by atoms with Crippen molar-refractivity contribution in [1.29, 1.82) is 0 Å². The summed E-state index contributed by atoms with van der Waals surface area (Å²) in [6, 6.07) is 30.3. The van der Waals surface area contributed by atoms with Gasteiger partial charge < -0.3 is 15.0 Å². The van der Waals surface area contributed by atoms with Crippen LogP contribution in [0.1, 0.15) is 25.0 Å². The first-order valence-electron chi connectivity index (χ1n) is 14.2. The van der Waals surface area contributed by atoms with Crippen LogP contribution in [0, 0.1) is 0 Å². The standard InChI is InChI=1S/C34H36BrN3O5S/c1-25(2)36-34(40)32(22-26-11-6-4-7-12-26)37(23-27-13-10-14-28(35)21-27)33(39)24-38(29-15-8-5-9-16-29)44(41,42)31-19-17-30(43-3)18-20-31/h4-21,25,32H,22-24H2,1-3H3,(H,36,40)/t32-/m0/s1. The molecule has 0 bridgehead atoms. The van der Waals surface area contributed by atoms with Crippen molar-refractivity contribution in [3.8, 4) is 5.75 Å². The topological polar surface area (TPSA) is 96.0 Å². The molecule has 0 aromatic heterocycles. The highest BCUT2D eigenvalue weighted by molar-refractivity contribution is 9.10. The highest BCUT2D eigenvalue weighted by Crippen LogP contribution is 2.26. The fraction of sp³-hybridized carbons (Fsp3) is 0.235. The Morgan fingerprint density at radius 2 is 1.45 bits per heavy atom. The average molecular weight is 679 g/mol. The Labute approximate surface area is 267 Å². The molecule has 0 saturated carbocycles. The lowest BCUT2D eigenvalue weighted by atomic mass is 10.0. The number of nitrogens with zero attached hydrogens (tertiary/aromatic N) is 2. The normalized spacial score (nSPS) is 11.9. The highest BCUT2D eigenvalue weighted by Gasteiger charge is 2.34. The van der Waals surface area contributed by atoms with Crippen LogP contribution in [0.3, 0.4) is 0 Å². The Hall–Kier alpha value is -4.15. The molecule has 230 valence electrons. The van der Waals surface area contributed by atoms with Gasteiger partial charge in [-0.3, -0.25) is 13.9 Å². The lowest BCUT2D eigenvalue weighted by Gasteiger charge is -2.34. The van der Waals surface area contributed by atoms with Gasteiger partial charge in [0.2, 0.25) is 11.8 Å². The van der Waals surface area contributed by atoms with Crippen LogP contribution in [0.25, 0.3) is 0 Å². The number of nitrogens with one attached hydrogen (secondary N) is 1. The molecule has 0 aliphatic carbocycles. The summed E-state index contributed by atoms with van der Waals surface area (Å²) < 4.78 is 35.2. The van der Waals surface area contributed by atoms with Crippen molar-refractivity contribution in [3.05, 3.63) is 125 Å². The monoisotopic (exact) mass is 677 g/mol. The maximum Gasteiger partial charge on any atom is 0.264 e. The summed E-state index contributed by atoms with van der Waals surface area (Å²) in [7, 11) is -2.69. The zero-order valence-electron chi connectivity index (χ0n) is 24.9. The summed E-state index contributed by atoms with van der Waals surface area (Å²) in [5, 5.41) is 2.96. The van der Waals surface area contributed by atoms with Gasteiger partial charge in [0, 0.05) is 23.5 Å². The van der Waals surface area contributed by atoms with E-state index < -0.39 is 28.5 Å². The van der Waals surface area contributed by atoms with Gasteiger partial charge >= 0.3 is 0 Å². The number of para-hydroxylation sites is 1. The number of ether oxygens (including phenoxy) is 1. The highest BCUT2D eigenvalue weighted by atomic mass is 79.9. The van der Waals surface area contributed by atoms with Crippen LogP contribution in [0.15, 0.2) is 119 Å². The predicted octanol–water partition coefficient (Wildman–Crippen LogP) is 5.82. The Morgan fingerprint density at radius 1 is 0.841 bits per heavy atom. The molecule has 4 aromatic carbocycles. The van der Waals surface area contributed by atoms with E-state index in [1.807, 2.05) is 68.4 Å². The number of hydrogen-bond donors (Lipinski definition) is 1. The molecule has 0 fully saturated rings. The van der Waals surface area contributed by atoms with Crippen LogP contribution in [-0.4, -0.2) is 50.9 Å². The van der Waals surface area contributed by atoms with Gasteiger partial charge in [-0.2, -0.15) is 0 Å². The first-order valence-corrected chi connectivity index (χ1v) is 16.4. The van der Waals surface area contributed by atoms with Crippen molar-refractivity contribution in [2.24, 2.45) is 0 Å². The van der Waals surface area contributed by atoms with Gasteiger partial charge in [0.25, 0.3) is 10.0 Å². The molecule has 0 unspecified atom stereocenters. The quantitative estimate of drug-likeness (QED) is 0.193. The van der Waals surface area contributed by atoms with Crippen molar-refractivity contribution < 1.29 is 22.7 Å². The van der Waals surface area contributed by atoms with Gasteiger partial charge in [-0.05, 0) is 73.5 Å². The van der Waals surface area contributed by atoms with Crippen LogP contribution >= 0.6 is 15.9 Å². The molecule has 8 nitrogen and oxygen atoms in total. The summed E-state index contributed by atoms with van der Waals surface area (Å²) in [5.41, 5.74) is 1.98. The fourth-order valence-electron chi connectivity index (χ4n) is 4.76. The Bertz CT molecular complexity index is 1650. The third kappa shape index (κ3) is 8.48. The molecule has 4 rings (SSSR count). The van der Waals surface area contributed by atoms with Gasteiger partial charge in [0.1, 0.15) is 18.3 Å². The summed E-state index contributed by atoms with van der Waals surface area (Å²) in [5.74, 6) is -0.339. The molecule has 0 aliphatic rings. The van der Waals surface area contributed by atoms with Crippen LogP contribution < -0.4 is 14.4 Å². The van der Waals surface area contributed by atoms with E-state index in [2.05, 4.69) is 21.2 Å². The second-order valence-electron chi connectivity index (χ2n) is 10.5. The third-order valence-corrected chi connectivity index (χ3v) is 9.20. The molecule has 4 aromatic rings. The molecular weight excluding hydrogens is 642 g/mol. The first-order chi connectivity index (χ1) is 21.1. The number of halogens is 1. The number of amides is 2. The molecule has 1 N–H and O–H groups in total.